The molecule has 0 spiro atoms. The Kier molecular flexibility index (Phi) is 5.20. The molecule has 0 amide bonds. The van der Waals surface area contributed by atoms with E-state index in [1.165, 1.54) is 6.07 Å². The largest absolute Gasteiger partial charge is 0.495 e. The normalized spacial score (nSPS) is 12.0. The van der Waals surface area contributed by atoms with Gasteiger partial charge in [0.2, 0.25) is 0 Å². The molecule has 0 aliphatic rings. The number of rotatable bonds is 5. The van der Waals surface area contributed by atoms with E-state index < -0.39 is 0 Å². The molecule has 0 bridgehead atoms. The molecule has 0 saturated heterocycles. The summed E-state index contributed by atoms with van der Waals surface area (Å²) in [5, 5.41) is 0. The Balaban J connectivity index is 2.38. The number of methoxy groups -OCH3 is 1. The lowest BCUT2D eigenvalue weighted by Gasteiger charge is -2.30. The van der Waals surface area contributed by atoms with Crippen molar-refractivity contribution in [2.24, 2.45) is 5.73 Å². The molecule has 1 unspecified atom stereocenters. The third kappa shape index (κ3) is 3.36. The average molecular weight is 353 g/mol. The Labute approximate surface area is 132 Å². The van der Waals surface area contributed by atoms with Crippen molar-refractivity contribution in [1.82, 2.24) is 0 Å². The minimum absolute atomic E-state index is 0.135. The van der Waals surface area contributed by atoms with E-state index in [9.17, 15) is 4.39 Å². The minimum Gasteiger partial charge on any atom is -0.495 e. The van der Waals surface area contributed by atoms with Gasteiger partial charge in [-0.2, -0.15) is 0 Å². The maximum atomic E-state index is 13.8. The maximum absolute atomic E-state index is 13.8. The lowest BCUT2D eigenvalue weighted by atomic mass is 10.0. The molecule has 3 nitrogen and oxygen atoms in total. The van der Waals surface area contributed by atoms with Crippen molar-refractivity contribution in [3.8, 4) is 5.75 Å². The van der Waals surface area contributed by atoms with Crippen LogP contribution in [0.4, 0.5) is 10.1 Å². The van der Waals surface area contributed by atoms with Crippen LogP contribution in [0, 0.1) is 5.82 Å². The smallest absolute Gasteiger partial charge is 0.142 e. The lowest BCUT2D eigenvalue weighted by Crippen LogP contribution is -2.30. The van der Waals surface area contributed by atoms with E-state index in [4.69, 9.17) is 10.5 Å². The van der Waals surface area contributed by atoms with Crippen LogP contribution >= 0.6 is 15.9 Å². The zero-order valence-corrected chi connectivity index (χ0v) is 13.6. The number of benzene rings is 2. The summed E-state index contributed by atoms with van der Waals surface area (Å²) in [4.78, 5) is 2.00. The van der Waals surface area contributed by atoms with E-state index in [0.717, 1.165) is 17.0 Å². The Morgan fingerprint density at radius 2 is 2.00 bits per heavy atom. The second-order valence-corrected chi connectivity index (χ2v) is 5.56. The maximum Gasteiger partial charge on any atom is 0.142 e. The van der Waals surface area contributed by atoms with E-state index in [1.807, 2.05) is 42.3 Å². The van der Waals surface area contributed by atoms with Crippen LogP contribution in [0.25, 0.3) is 0 Å². The van der Waals surface area contributed by atoms with Gasteiger partial charge in [0.05, 0.1) is 23.3 Å². The van der Waals surface area contributed by atoms with E-state index in [0.29, 0.717) is 11.0 Å². The van der Waals surface area contributed by atoms with Gasteiger partial charge in [-0.3, -0.25) is 0 Å². The molecule has 0 fully saturated rings. The van der Waals surface area contributed by atoms with Crippen LogP contribution in [0.5, 0.6) is 5.75 Å². The molecule has 2 aromatic carbocycles. The number of likely N-dealkylation sites (N-methyl/N-ethyl adjacent to an activating group) is 1. The number of anilines is 1. The fraction of sp³-hybridized carbons (Fsp3) is 0.250. The second kappa shape index (κ2) is 6.91. The number of halogens is 2. The van der Waals surface area contributed by atoms with Crippen molar-refractivity contribution in [3.63, 3.8) is 0 Å². The first kappa shape index (κ1) is 15.8. The molecule has 1 atom stereocenters. The number of hydrogen-bond donors (Lipinski definition) is 1. The molecular weight excluding hydrogens is 335 g/mol. The first-order chi connectivity index (χ1) is 10.1. The summed E-state index contributed by atoms with van der Waals surface area (Å²) < 4.78 is 19.6. The van der Waals surface area contributed by atoms with Crippen molar-refractivity contribution < 1.29 is 9.13 Å². The molecule has 0 radical (unpaired) electrons. The number of nitrogens with zero attached hydrogens (tertiary/aromatic N) is 1. The van der Waals surface area contributed by atoms with Crippen molar-refractivity contribution in [1.29, 1.82) is 0 Å². The van der Waals surface area contributed by atoms with Gasteiger partial charge in [0.1, 0.15) is 11.6 Å². The number of hydrogen-bond acceptors (Lipinski definition) is 3. The summed E-state index contributed by atoms with van der Waals surface area (Å²) in [5.41, 5.74) is 7.65. The highest BCUT2D eigenvalue weighted by atomic mass is 79.9. The van der Waals surface area contributed by atoms with Crippen molar-refractivity contribution >= 4 is 21.6 Å². The van der Waals surface area contributed by atoms with Gasteiger partial charge in [-0.05, 0) is 45.8 Å². The molecule has 0 saturated carbocycles. The SMILES string of the molecule is COc1ccccc1N(C)C(CN)c1ccc(Br)c(F)c1. The van der Waals surface area contributed by atoms with Gasteiger partial charge in [0.15, 0.2) is 0 Å². The van der Waals surface area contributed by atoms with Crippen molar-refractivity contribution in [2.75, 3.05) is 25.6 Å². The van der Waals surface area contributed by atoms with E-state index in [2.05, 4.69) is 15.9 Å². The van der Waals surface area contributed by atoms with Gasteiger partial charge in [0.25, 0.3) is 0 Å². The van der Waals surface area contributed by atoms with Crippen LogP contribution in [-0.2, 0) is 0 Å². The molecule has 21 heavy (non-hydrogen) atoms. The molecule has 5 heteroatoms. The predicted molar refractivity (Wildman–Crippen MR) is 87.3 cm³/mol. The van der Waals surface area contributed by atoms with E-state index >= 15 is 0 Å². The molecule has 0 heterocycles. The van der Waals surface area contributed by atoms with Crippen LogP contribution < -0.4 is 15.4 Å². The van der Waals surface area contributed by atoms with Crippen LogP contribution in [-0.4, -0.2) is 20.7 Å². The monoisotopic (exact) mass is 352 g/mol. The van der Waals surface area contributed by atoms with Gasteiger partial charge in [-0.15, -0.1) is 0 Å². The molecular formula is C16H18BrFN2O. The van der Waals surface area contributed by atoms with Crippen molar-refractivity contribution in [2.45, 2.75) is 6.04 Å². The van der Waals surface area contributed by atoms with E-state index in [1.54, 1.807) is 13.2 Å². The Bertz CT molecular complexity index is 621. The second-order valence-electron chi connectivity index (χ2n) is 4.71. The first-order valence-corrected chi connectivity index (χ1v) is 7.38. The fourth-order valence-corrected chi connectivity index (χ4v) is 2.57. The van der Waals surface area contributed by atoms with Gasteiger partial charge in [-0.1, -0.05) is 18.2 Å². The fourth-order valence-electron chi connectivity index (χ4n) is 2.33. The highest BCUT2D eigenvalue weighted by Crippen LogP contribution is 2.33. The van der Waals surface area contributed by atoms with Gasteiger partial charge in [0, 0.05) is 13.6 Å². The molecule has 2 rings (SSSR count). The topological polar surface area (TPSA) is 38.5 Å². The van der Waals surface area contributed by atoms with Gasteiger partial charge in [-0.25, -0.2) is 4.39 Å². The van der Waals surface area contributed by atoms with Gasteiger partial charge < -0.3 is 15.4 Å². The number of para-hydroxylation sites is 2. The summed E-state index contributed by atoms with van der Waals surface area (Å²) in [7, 11) is 3.55. The molecule has 2 N–H and O–H groups in total. The molecule has 0 aromatic heterocycles. The van der Waals surface area contributed by atoms with Crippen LogP contribution in [0.3, 0.4) is 0 Å². The summed E-state index contributed by atoms with van der Waals surface area (Å²) >= 11 is 3.17. The van der Waals surface area contributed by atoms with Crippen molar-refractivity contribution in [3.05, 3.63) is 58.3 Å². The summed E-state index contributed by atoms with van der Waals surface area (Å²) in [5.74, 6) is 0.468. The van der Waals surface area contributed by atoms with Crippen LogP contribution in [0.2, 0.25) is 0 Å². The lowest BCUT2D eigenvalue weighted by molar-refractivity contribution is 0.413. The van der Waals surface area contributed by atoms with E-state index in [-0.39, 0.29) is 11.9 Å². The minimum atomic E-state index is -0.292. The molecule has 0 aliphatic heterocycles. The first-order valence-electron chi connectivity index (χ1n) is 6.59. The average Bonchev–Trinajstić information content (AvgIpc) is 2.51. The predicted octanol–water partition coefficient (Wildman–Crippen LogP) is 3.73. The zero-order chi connectivity index (χ0) is 15.4. The van der Waals surface area contributed by atoms with Crippen LogP contribution in [0.1, 0.15) is 11.6 Å². The third-order valence-corrected chi connectivity index (χ3v) is 4.13. The number of nitrogens with two attached hydrogens (primary N) is 1. The summed E-state index contributed by atoms with van der Waals surface area (Å²) in [6.07, 6.45) is 0. The Hall–Kier alpha value is -1.59. The highest BCUT2D eigenvalue weighted by molar-refractivity contribution is 9.10. The highest BCUT2D eigenvalue weighted by Gasteiger charge is 2.19. The number of ether oxygens (including phenoxy) is 1. The Morgan fingerprint density at radius 3 is 2.62 bits per heavy atom. The quantitative estimate of drug-likeness (QED) is 0.890. The summed E-state index contributed by atoms with van der Waals surface area (Å²) in [6, 6.07) is 12.6. The standard InChI is InChI=1S/C16H18BrFN2O/c1-20(14-5-3-4-6-16(14)21-2)15(10-19)11-7-8-12(17)13(18)9-11/h3-9,15H,10,19H2,1-2H3. The molecule has 2 aromatic rings. The van der Waals surface area contributed by atoms with Gasteiger partial charge >= 0.3 is 0 Å². The van der Waals surface area contributed by atoms with Crippen LogP contribution in [0.15, 0.2) is 46.9 Å². The molecule has 0 aliphatic carbocycles. The third-order valence-electron chi connectivity index (χ3n) is 3.48. The zero-order valence-electron chi connectivity index (χ0n) is 12.0. The summed E-state index contributed by atoms with van der Waals surface area (Å²) in [6.45, 7) is 0.371. The Morgan fingerprint density at radius 1 is 1.29 bits per heavy atom. The molecule has 112 valence electrons.